The van der Waals surface area contributed by atoms with Crippen LogP contribution < -0.4 is 11.1 Å². The van der Waals surface area contributed by atoms with Crippen LogP contribution in [0.15, 0.2) is 41.7 Å². The molecule has 0 radical (unpaired) electrons. The van der Waals surface area contributed by atoms with Gasteiger partial charge in [-0.05, 0) is 36.6 Å². The van der Waals surface area contributed by atoms with Crippen LogP contribution in [0, 0.1) is 5.92 Å². The summed E-state index contributed by atoms with van der Waals surface area (Å²) in [7, 11) is 0. The van der Waals surface area contributed by atoms with E-state index < -0.39 is 0 Å². The van der Waals surface area contributed by atoms with Gasteiger partial charge in [-0.3, -0.25) is 9.67 Å². The molecule has 2 atom stereocenters. The van der Waals surface area contributed by atoms with Gasteiger partial charge in [-0.2, -0.15) is 5.10 Å². The summed E-state index contributed by atoms with van der Waals surface area (Å²) in [6, 6.07) is 7.26. The summed E-state index contributed by atoms with van der Waals surface area (Å²) < 4.78 is 1.89. The fraction of sp³-hybridized carbons (Fsp3) is 0.375. The lowest BCUT2D eigenvalue weighted by Gasteiger charge is -2.17. The van der Waals surface area contributed by atoms with Crippen LogP contribution in [0.5, 0.6) is 0 Å². The quantitative estimate of drug-likeness (QED) is 0.370. The van der Waals surface area contributed by atoms with Gasteiger partial charge < -0.3 is 11.1 Å². The molecule has 24 heavy (non-hydrogen) atoms. The Kier molecular flexibility index (Phi) is 8.86. The summed E-state index contributed by atoms with van der Waals surface area (Å²) in [5, 5.41) is 8.55. The van der Waals surface area contributed by atoms with Crippen molar-refractivity contribution in [3.8, 4) is 0 Å². The van der Waals surface area contributed by atoms with Crippen molar-refractivity contribution in [2.45, 2.75) is 26.4 Å². The molecule has 0 aliphatic heterocycles. The van der Waals surface area contributed by atoms with Crippen molar-refractivity contribution >= 4 is 53.1 Å². The van der Waals surface area contributed by atoms with E-state index in [9.17, 15) is 0 Å². The number of hydrogen-bond acceptors (Lipinski definition) is 2. The smallest absolute Gasteiger partial charge is 0.189 e. The number of aliphatic imine (C=N–C) groups is 1. The zero-order valence-electron chi connectivity index (χ0n) is 13.6. The van der Waals surface area contributed by atoms with Gasteiger partial charge in [-0.25, -0.2) is 0 Å². The lowest BCUT2D eigenvalue weighted by molar-refractivity contribution is 0.458. The Hall–Kier alpha value is -0.990. The van der Waals surface area contributed by atoms with E-state index >= 15 is 0 Å². The minimum absolute atomic E-state index is 0. The van der Waals surface area contributed by atoms with E-state index in [-0.39, 0.29) is 30.0 Å². The molecule has 3 N–H and O–H groups in total. The number of nitrogens with two attached hydrogens (primary N) is 1. The maximum Gasteiger partial charge on any atom is 0.189 e. The van der Waals surface area contributed by atoms with Crippen molar-refractivity contribution in [1.29, 1.82) is 0 Å². The highest BCUT2D eigenvalue weighted by atomic mass is 127. The molecule has 0 amide bonds. The van der Waals surface area contributed by atoms with Crippen LogP contribution in [0.3, 0.4) is 0 Å². The van der Waals surface area contributed by atoms with E-state index in [1.165, 1.54) is 0 Å². The van der Waals surface area contributed by atoms with Crippen LogP contribution in [0.4, 0.5) is 0 Å². The third-order valence-electron chi connectivity index (χ3n) is 3.42. The van der Waals surface area contributed by atoms with Crippen LogP contribution in [0.2, 0.25) is 10.0 Å². The Morgan fingerprint density at radius 3 is 2.75 bits per heavy atom. The maximum absolute atomic E-state index is 6.20. The van der Waals surface area contributed by atoms with E-state index in [1.807, 2.05) is 29.9 Å². The number of guanidine groups is 1. The van der Waals surface area contributed by atoms with Gasteiger partial charge in [0.2, 0.25) is 0 Å². The molecule has 0 saturated heterocycles. The monoisotopic (exact) mass is 481 g/mol. The van der Waals surface area contributed by atoms with Gasteiger partial charge in [-0.15, -0.1) is 24.0 Å². The molecule has 8 heteroatoms. The zero-order chi connectivity index (χ0) is 16.8. The molecular weight excluding hydrogens is 460 g/mol. The highest BCUT2D eigenvalue weighted by Gasteiger charge is 2.11. The van der Waals surface area contributed by atoms with E-state index in [0.717, 1.165) is 12.1 Å². The van der Waals surface area contributed by atoms with E-state index in [2.05, 4.69) is 22.3 Å². The minimum atomic E-state index is -0.0510. The third kappa shape index (κ3) is 6.49. The number of aromatic nitrogens is 2. The number of benzene rings is 1. The number of halogens is 3. The molecular formula is C16H22Cl2IN5. The maximum atomic E-state index is 6.20. The first kappa shape index (κ1) is 21.1. The fourth-order valence-electron chi connectivity index (χ4n) is 2.24. The summed E-state index contributed by atoms with van der Waals surface area (Å²) in [6.45, 7) is 5.52. The SMILES string of the molecule is CC(CN=C(N)NC(C)c1ccc(Cl)cc1Cl)Cn1cccn1.I. The van der Waals surface area contributed by atoms with Crippen molar-refractivity contribution in [3.63, 3.8) is 0 Å². The molecule has 2 rings (SSSR count). The lowest BCUT2D eigenvalue weighted by atomic mass is 10.1. The Bertz CT molecular complexity index is 660. The molecule has 1 aromatic carbocycles. The molecule has 2 unspecified atom stereocenters. The number of nitrogens with one attached hydrogen (secondary N) is 1. The summed E-state index contributed by atoms with van der Waals surface area (Å²) in [5.74, 6) is 0.737. The third-order valence-corrected chi connectivity index (χ3v) is 3.99. The summed E-state index contributed by atoms with van der Waals surface area (Å²) >= 11 is 12.1. The standard InChI is InChI=1S/C16H21Cl2N5.HI/c1-11(10-23-7-3-6-21-23)9-20-16(19)22-12(2)14-5-4-13(17)8-15(14)18;/h3-8,11-12H,9-10H2,1-2H3,(H3,19,20,22);1H. The van der Waals surface area contributed by atoms with Crippen molar-refractivity contribution < 1.29 is 0 Å². The van der Waals surface area contributed by atoms with Gasteiger partial charge >= 0.3 is 0 Å². The second kappa shape index (κ2) is 10.1. The van der Waals surface area contributed by atoms with E-state index in [4.69, 9.17) is 28.9 Å². The van der Waals surface area contributed by atoms with Gasteiger partial charge in [0.05, 0.1) is 6.04 Å². The summed E-state index contributed by atoms with van der Waals surface area (Å²) in [5.41, 5.74) is 6.89. The molecule has 2 aromatic rings. The van der Waals surface area contributed by atoms with Crippen LogP contribution >= 0.6 is 47.2 Å². The first-order valence-electron chi connectivity index (χ1n) is 7.44. The first-order chi connectivity index (χ1) is 11.0. The average Bonchev–Trinajstić information content (AvgIpc) is 2.97. The van der Waals surface area contributed by atoms with Crippen molar-refractivity contribution in [2.75, 3.05) is 6.54 Å². The molecule has 5 nitrogen and oxygen atoms in total. The molecule has 0 bridgehead atoms. The van der Waals surface area contributed by atoms with Gasteiger partial charge in [0.1, 0.15) is 0 Å². The van der Waals surface area contributed by atoms with E-state index in [0.29, 0.717) is 28.5 Å². The second-order valence-electron chi connectivity index (χ2n) is 5.59. The molecule has 132 valence electrons. The Morgan fingerprint density at radius 2 is 2.12 bits per heavy atom. The van der Waals surface area contributed by atoms with Crippen molar-refractivity contribution in [2.24, 2.45) is 16.6 Å². The molecule has 0 aliphatic carbocycles. The van der Waals surface area contributed by atoms with Crippen LogP contribution in [-0.2, 0) is 6.54 Å². The Morgan fingerprint density at radius 1 is 1.38 bits per heavy atom. The van der Waals surface area contributed by atoms with Crippen LogP contribution in [0.25, 0.3) is 0 Å². The van der Waals surface area contributed by atoms with Gasteiger partial charge in [-0.1, -0.05) is 36.2 Å². The van der Waals surface area contributed by atoms with E-state index in [1.54, 1.807) is 18.3 Å². The van der Waals surface area contributed by atoms with Gasteiger partial charge in [0.15, 0.2) is 5.96 Å². The summed E-state index contributed by atoms with van der Waals surface area (Å²) in [6.07, 6.45) is 3.70. The molecule has 1 heterocycles. The van der Waals surface area contributed by atoms with Gasteiger partial charge in [0.25, 0.3) is 0 Å². The van der Waals surface area contributed by atoms with Crippen LogP contribution in [0.1, 0.15) is 25.5 Å². The number of hydrogen-bond donors (Lipinski definition) is 2. The lowest BCUT2D eigenvalue weighted by Crippen LogP contribution is -2.34. The highest BCUT2D eigenvalue weighted by molar-refractivity contribution is 14.0. The topological polar surface area (TPSA) is 68.2 Å². The Labute approximate surface area is 169 Å². The number of rotatable bonds is 6. The molecule has 0 fully saturated rings. The summed E-state index contributed by atoms with van der Waals surface area (Å²) in [4.78, 5) is 4.39. The molecule has 0 saturated carbocycles. The Balaban J connectivity index is 0.00000288. The predicted molar refractivity (Wildman–Crippen MR) is 111 cm³/mol. The normalized spacial score (nSPS) is 13.9. The highest BCUT2D eigenvalue weighted by Crippen LogP contribution is 2.25. The van der Waals surface area contributed by atoms with Crippen molar-refractivity contribution in [3.05, 3.63) is 52.3 Å². The van der Waals surface area contributed by atoms with Gasteiger partial charge in [0, 0.05) is 35.5 Å². The molecule has 0 spiro atoms. The molecule has 1 aromatic heterocycles. The fourth-order valence-corrected chi connectivity index (χ4v) is 2.81. The predicted octanol–water partition coefficient (Wildman–Crippen LogP) is 4.11. The zero-order valence-corrected chi connectivity index (χ0v) is 17.5. The average molecular weight is 482 g/mol. The minimum Gasteiger partial charge on any atom is -0.370 e. The van der Waals surface area contributed by atoms with Crippen LogP contribution in [-0.4, -0.2) is 22.3 Å². The largest absolute Gasteiger partial charge is 0.370 e. The first-order valence-corrected chi connectivity index (χ1v) is 8.20. The molecule has 0 aliphatic rings. The van der Waals surface area contributed by atoms with Crippen molar-refractivity contribution in [1.82, 2.24) is 15.1 Å². The number of nitrogens with zero attached hydrogens (tertiary/aromatic N) is 3. The second-order valence-corrected chi connectivity index (χ2v) is 6.43.